The van der Waals surface area contributed by atoms with Gasteiger partial charge in [0.05, 0.1) is 26.0 Å². The number of hydroxylamine groups is 1. The molecule has 0 saturated carbocycles. The van der Waals surface area contributed by atoms with Crippen molar-refractivity contribution in [3.63, 3.8) is 0 Å². The molecule has 3 rings (SSSR count). The van der Waals surface area contributed by atoms with E-state index in [0.29, 0.717) is 12.2 Å². The summed E-state index contributed by atoms with van der Waals surface area (Å²) in [5, 5.41) is 16.4. The molecule has 0 radical (unpaired) electrons. The summed E-state index contributed by atoms with van der Waals surface area (Å²) in [6.07, 6.45) is 10.5. The molecule has 1 aliphatic rings. The van der Waals surface area contributed by atoms with Crippen LogP contribution in [0.5, 0.6) is 0 Å². The second-order valence-corrected chi connectivity index (χ2v) is 7.57. The van der Waals surface area contributed by atoms with E-state index in [1.165, 1.54) is 16.8 Å². The first-order valence-corrected chi connectivity index (χ1v) is 11.8. The van der Waals surface area contributed by atoms with Crippen molar-refractivity contribution >= 4 is 5.69 Å². The molecule has 2 heterocycles. The number of morpholine rings is 1. The number of rotatable bonds is 7. The van der Waals surface area contributed by atoms with Crippen molar-refractivity contribution in [2.24, 2.45) is 0 Å². The number of nitrogens with zero attached hydrogens (tertiary/aromatic N) is 4. The van der Waals surface area contributed by atoms with Crippen LogP contribution in [0.25, 0.3) is 11.3 Å². The summed E-state index contributed by atoms with van der Waals surface area (Å²) in [7, 11) is 0. The molecule has 1 aromatic carbocycles. The van der Waals surface area contributed by atoms with Gasteiger partial charge in [-0.05, 0) is 45.4 Å². The summed E-state index contributed by atoms with van der Waals surface area (Å²) in [6, 6.07) is 8.54. The number of ether oxygens (including phenoxy) is 1. The highest BCUT2D eigenvalue weighted by Crippen LogP contribution is 2.22. The van der Waals surface area contributed by atoms with E-state index < -0.39 is 0 Å². The highest BCUT2D eigenvalue weighted by atomic mass is 16.5. The van der Waals surface area contributed by atoms with E-state index in [4.69, 9.17) is 9.94 Å². The fourth-order valence-corrected chi connectivity index (χ4v) is 2.93. The number of anilines is 1. The number of benzene rings is 1. The lowest BCUT2D eigenvalue weighted by Crippen LogP contribution is -2.36. The summed E-state index contributed by atoms with van der Waals surface area (Å²) >= 11 is 0. The zero-order valence-corrected chi connectivity index (χ0v) is 21.6. The summed E-state index contributed by atoms with van der Waals surface area (Å²) in [4.78, 5) is 2.35. The fraction of sp³-hybridized carbons (Fsp3) is 0.407. The minimum atomic E-state index is 0.560. The van der Waals surface area contributed by atoms with Crippen LogP contribution in [0.4, 0.5) is 5.69 Å². The van der Waals surface area contributed by atoms with Crippen molar-refractivity contribution in [2.45, 2.75) is 48.1 Å². The summed E-state index contributed by atoms with van der Waals surface area (Å²) in [6.45, 7) is 19.4. The minimum absolute atomic E-state index is 0.560. The molecule has 1 aromatic heterocycles. The molecule has 34 heavy (non-hydrogen) atoms. The second kappa shape index (κ2) is 16.5. The SMILES string of the molecule is C=C(C)NO.CC.C\C=C(C)/C=C\C(=C/C)Cn1cc(-c2ccc(N3CCOCC3)cc2)nn1. The van der Waals surface area contributed by atoms with Gasteiger partial charge >= 0.3 is 0 Å². The van der Waals surface area contributed by atoms with Crippen LogP contribution in [0.15, 0.2) is 78.2 Å². The third-order valence-corrected chi connectivity index (χ3v) is 5.00. The van der Waals surface area contributed by atoms with Gasteiger partial charge in [0.25, 0.3) is 0 Å². The number of aromatic nitrogens is 3. The minimum Gasteiger partial charge on any atom is -0.378 e. The smallest absolute Gasteiger partial charge is 0.113 e. The van der Waals surface area contributed by atoms with Gasteiger partial charge in [-0.25, -0.2) is 4.68 Å². The van der Waals surface area contributed by atoms with Crippen molar-refractivity contribution < 1.29 is 9.94 Å². The van der Waals surface area contributed by atoms with Gasteiger partial charge in [0.2, 0.25) is 0 Å². The van der Waals surface area contributed by atoms with E-state index in [-0.39, 0.29) is 0 Å². The molecule has 0 bridgehead atoms. The molecule has 0 atom stereocenters. The van der Waals surface area contributed by atoms with Crippen molar-refractivity contribution in [1.82, 2.24) is 20.5 Å². The second-order valence-electron chi connectivity index (χ2n) is 7.57. The molecule has 1 fully saturated rings. The molecule has 2 N–H and O–H groups in total. The lowest BCUT2D eigenvalue weighted by Gasteiger charge is -2.28. The number of nitrogens with one attached hydrogen (secondary N) is 1. The molecular formula is C27H41N5O2. The van der Waals surface area contributed by atoms with Crippen LogP contribution in [0.3, 0.4) is 0 Å². The van der Waals surface area contributed by atoms with Gasteiger partial charge in [-0.3, -0.25) is 10.7 Å². The zero-order chi connectivity index (χ0) is 25.3. The third kappa shape index (κ3) is 10.2. The van der Waals surface area contributed by atoms with E-state index in [0.717, 1.165) is 37.6 Å². The first-order valence-electron chi connectivity index (χ1n) is 11.8. The fourth-order valence-electron chi connectivity index (χ4n) is 2.93. The molecule has 0 amide bonds. The maximum absolute atomic E-state index is 7.79. The Hall–Kier alpha value is -3.16. The van der Waals surface area contributed by atoms with Gasteiger partial charge in [0.15, 0.2) is 0 Å². The van der Waals surface area contributed by atoms with Gasteiger partial charge < -0.3 is 9.64 Å². The van der Waals surface area contributed by atoms with Crippen molar-refractivity contribution in [1.29, 1.82) is 0 Å². The Morgan fingerprint density at radius 3 is 2.24 bits per heavy atom. The van der Waals surface area contributed by atoms with E-state index in [1.807, 2.05) is 44.1 Å². The van der Waals surface area contributed by atoms with Gasteiger partial charge in [-0.2, -0.15) is 0 Å². The van der Waals surface area contributed by atoms with Crippen molar-refractivity contribution in [3.8, 4) is 11.3 Å². The van der Waals surface area contributed by atoms with Crippen LogP contribution in [-0.2, 0) is 11.3 Å². The Bertz CT molecular complexity index is 936. The summed E-state index contributed by atoms with van der Waals surface area (Å²) in [5.41, 5.74) is 8.05. The van der Waals surface area contributed by atoms with E-state index in [1.54, 1.807) is 6.92 Å². The number of hydrogen-bond acceptors (Lipinski definition) is 6. The monoisotopic (exact) mass is 467 g/mol. The Labute approximate surface area is 205 Å². The van der Waals surface area contributed by atoms with E-state index in [2.05, 4.69) is 77.3 Å². The summed E-state index contributed by atoms with van der Waals surface area (Å²) in [5.74, 6) is 0. The molecule has 2 aromatic rings. The molecule has 1 saturated heterocycles. The quantitative estimate of drug-likeness (QED) is 0.397. The molecule has 0 aliphatic carbocycles. The highest BCUT2D eigenvalue weighted by molar-refractivity contribution is 5.62. The average Bonchev–Trinajstić information content (AvgIpc) is 3.37. The maximum atomic E-state index is 7.79. The van der Waals surface area contributed by atoms with E-state index >= 15 is 0 Å². The van der Waals surface area contributed by atoms with Crippen LogP contribution in [0.1, 0.15) is 41.5 Å². The molecule has 7 nitrogen and oxygen atoms in total. The van der Waals surface area contributed by atoms with E-state index in [9.17, 15) is 0 Å². The summed E-state index contributed by atoms with van der Waals surface area (Å²) < 4.78 is 7.30. The lowest BCUT2D eigenvalue weighted by atomic mass is 10.1. The molecule has 0 unspecified atom stereocenters. The van der Waals surface area contributed by atoms with Crippen LogP contribution >= 0.6 is 0 Å². The molecule has 1 aliphatic heterocycles. The van der Waals surface area contributed by atoms with Crippen LogP contribution in [0.2, 0.25) is 0 Å². The van der Waals surface area contributed by atoms with Crippen molar-refractivity contribution in [3.05, 3.63) is 78.2 Å². The number of hydrogen-bond donors (Lipinski definition) is 2. The highest BCUT2D eigenvalue weighted by Gasteiger charge is 2.11. The van der Waals surface area contributed by atoms with Crippen molar-refractivity contribution in [2.75, 3.05) is 31.2 Å². The first kappa shape index (κ1) is 28.9. The van der Waals surface area contributed by atoms with Crippen LogP contribution in [0, 0.1) is 0 Å². The molecular weight excluding hydrogens is 426 g/mol. The Kier molecular flexibility index (Phi) is 14.0. The average molecular weight is 468 g/mol. The molecule has 186 valence electrons. The Morgan fingerprint density at radius 2 is 1.71 bits per heavy atom. The lowest BCUT2D eigenvalue weighted by molar-refractivity contribution is 0.122. The predicted molar refractivity (Wildman–Crippen MR) is 142 cm³/mol. The van der Waals surface area contributed by atoms with Crippen LogP contribution < -0.4 is 10.4 Å². The third-order valence-electron chi connectivity index (χ3n) is 5.00. The zero-order valence-electron chi connectivity index (χ0n) is 21.6. The van der Waals surface area contributed by atoms with Gasteiger partial charge in [0.1, 0.15) is 5.69 Å². The van der Waals surface area contributed by atoms with Gasteiger partial charge in [-0.15, -0.1) is 5.10 Å². The normalized spacial score (nSPS) is 14.1. The largest absolute Gasteiger partial charge is 0.378 e. The topological polar surface area (TPSA) is 75.4 Å². The Balaban J connectivity index is 0.000000733. The first-order chi connectivity index (χ1) is 16.5. The molecule has 7 heteroatoms. The van der Waals surface area contributed by atoms with Crippen LogP contribution in [-0.4, -0.2) is 46.5 Å². The standard InChI is InChI=1S/C22H28N4O.C3H7NO.C2H6/c1-4-18(3)6-7-19(5-2)16-26-17-22(23-24-26)20-8-10-21(11-9-20)25-12-14-27-15-13-25;1-3(2)4-5;1-2/h4-11,17H,12-16H2,1-3H3;4-5H,1H2,2H3;1-2H3/b7-6-,18-4-,19-5+;;. The molecule has 0 spiro atoms. The van der Waals surface area contributed by atoms with Gasteiger partial charge in [-0.1, -0.05) is 67.6 Å². The van der Waals surface area contributed by atoms with Gasteiger partial charge in [0, 0.05) is 30.0 Å². The maximum Gasteiger partial charge on any atom is 0.113 e. The predicted octanol–water partition coefficient (Wildman–Crippen LogP) is 5.78. The Morgan fingerprint density at radius 1 is 1.09 bits per heavy atom. The number of allylic oxidation sites excluding steroid dienone is 7.